The second kappa shape index (κ2) is 5.17. The predicted octanol–water partition coefficient (Wildman–Crippen LogP) is 0.577. The first-order chi connectivity index (χ1) is 9.36. The van der Waals surface area contributed by atoms with Gasteiger partial charge in [-0.05, 0) is 19.9 Å². The summed E-state index contributed by atoms with van der Waals surface area (Å²) in [6.07, 6.45) is 3.08. The molecule has 0 bridgehead atoms. The number of hydrogen-bond donors (Lipinski definition) is 1. The summed E-state index contributed by atoms with van der Waals surface area (Å²) in [6.45, 7) is 3.63. The van der Waals surface area contributed by atoms with Gasteiger partial charge in [-0.15, -0.1) is 10.2 Å². The van der Waals surface area contributed by atoms with Crippen LogP contribution >= 0.6 is 0 Å². The number of ether oxygens (including phenoxy) is 1. The van der Waals surface area contributed by atoms with Crippen molar-refractivity contribution in [3.8, 4) is 17.1 Å². The summed E-state index contributed by atoms with van der Waals surface area (Å²) < 4.78 is 29.8. The third-order valence-electron chi connectivity index (χ3n) is 2.68. The highest BCUT2D eigenvalue weighted by Gasteiger charge is 2.25. The van der Waals surface area contributed by atoms with Gasteiger partial charge in [0.2, 0.25) is 0 Å². The van der Waals surface area contributed by atoms with Crippen molar-refractivity contribution in [1.29, 1.82) is 0 Å². The van der Waals surface area contributed by atoms with E-state index in [1.165, 1.54) is 17.9 Å². The fourth-order valence-electron chi connectivity index (χ4n) is 1.85. The van der Waals surface area contributed by atoms with E-state index in [9.17, 15) is 8.42 Å². The summed E-state index contributed by atoms with van der Waals surface area (Å²) in [5, 5.41) is 12.5. The summed E-state index contributed by atoms with van der Waals surface area (Å²) in [4.78, 5) is 3.95. The van der Waals surface area contributed by atoms with E-state index >= 15 is 0 Å². The third kappa shape index (κ3) is 2.49. The van der Waals surface area contributed by atoms with E-state index < -0.39 is 10.0 Å². The van der Waals surface area contributed by atoms with Gasteiger partial charge in [0, 0.05) is 12.2 Å². The zero-order chi connectivity index (χ0) is 14.9. The van der Waals surface area contributed by atoms with Crippen molar-refractivity contribution < 1.29 is 13.2 Å². The Labute approximate surface area is 116 Å². The summed E-state index contributed by atoms with van der Waals surface area (Å²) in [5.74, 6) is 0.839. The Morgan fingerprint density at radius 3 is 2.60 bits per heavy atom. The van der Waals surface area contributed by atoms with Crippen LogP contribution in [-0.4, -0.2) is 35.3 Å². The highest BCUT2D eigenvalue weighted by atomic mass is 32.2. The first-order valence-electron chi connectivity index (χ1n) is 5.82. The van der Waals surface area contributed by atoms with Gasteiger partial charge in [0.05, 0.1) is 18.9 Å². The summed E-state index contributed by atoms with van der Waals surface area (Å²) in [5.41, 5.74) is 0.596. The molecule has 2 aromatic heterocycles. The van der Waals surface area contributed by atoms with Crippen molar-refractivity contribution in [2.45, 2.75) is 25.0 Å². The molecule has 0 aliphatic carbocycles. The summed E-state index contributed by atoms with van der Waals surface area (Å²) in [6, 6.07) is 1.49. The fraction of sp³-hybridized carbons (Fsp3) is 0.364. The molecule has 9 heteroatoms. The molecular weight excluding hydrogens is 282 g/mol. The molecule has 0 amide bonds. The SMILES string of the molecule is COc1cnccc1-c1nnc(S(N)(=O)=O)n1C(C)C. The van der Waals surface area contributed by atoms with Crippen molar-refractivity contribution in [3.05, 3.63) is 18.5 Å². The van der Waals surface area contributed by atoms with Gasteiger partial charge in [-0.2, -0.15) is 0 Å². The normalized spacial score (nSPS) is 11.8. The van der Waals surface area contributed by atoms with Crippen molar-refractivity contribution in [1.82, 2.24) is 19.7 Å². The lowest BCUT2D eigenvalue weighted by Gasteiger charge is -2.14. The number of primary sulfonamides is 1. The molecule has 2 N–H and O–H groups in total. The average Bonchev–Trinajstić information content (AvgIpc) is 2.83. The lowest BCUT2D eigenvalue weighted by Crippen LogP contribution is -2.20. The van der Waals surface area contributed by atoms with Crippen molar-refractivity contribution in [2.24, 2.45) is 5.14 Å². The van der Waals surface area contributed by atoms with Gasteiger partial charge in [0.25, 0.3) is 15.2 Å². The van der Waals surface area contributed by atoms with Crippen molar-refractivity contribution >= 4 is 10.0 Å². The quantitative estimate of drug-likeness (QED) is 0.883. The van der Waals surface area contributed by atoms with Crippen LogP contribution in [0.1, 0.15) is 19.9 Å². The molecule has 2 aromatic rings. The Kier molecular flexibility index (Phi) is 3.73. The molecule has 0 aromatic carbocycles. The Morgan fingerprint density at radius 2 is 2.05 bits per heavy atom. The number of methoxy groups -OCH3 is 1. The van der Waals surface area contributed by atoms with Crippen molar-refractivity contribution in [3.63, 3.8) is 0 Å². The van der Waals surface area contributed by atoms with E-state index in [2.05, 4.69) is 15.2 Å². The highest BCUT2D eigenvalue weighted by Crippen LogP contribution is 2.30. The molecule has 0 atom stereocenters. The van der Waals surface area contributed by atoms with E-state index in [0.717, 1.165) is 0 Å². The molecule has 2 heterocycles. The molecule has 0 saturated heterocycles. The number of sulfonamides is 1. The molecule has 108 valence electrons. The number of rotatable bonds is 4. The Hall–Kier alpha value is -2.00. The fourth-order valence-corrected chi connectivity index (χ4v) is 2.57. The standard InChI is InChI=1S/C11H15N5O3S/c1-7(2)16-10(14-15-11(16)20(12,17)18)8-4-5-13-6-9(8)19-3/h4-7H,1-3H3,(H2,12,17,18). The first kappa shape index (κ1) is 14.4. The van der Waals surface area contributed by atoms with Gasteiger partial charge in [-0.3, -0.25) is 9.55 Å². The summed E-state index contributed by atoms with van der Waals surface area (Å²) >= 11 is 0. The number of nitrogens with zero attached hydrogens (tertiary/aromatic N) is 4. The minimum Gasteiger partial charge on any atom is -0.494 e. The maximum Gasteiger partial charge on any atom is 0.273 e. The maximum absolute atomic E-state index is 11.6. The number of hydrogen-bond acceptors (Lipinski definition) is 6. The van der Waals surface area contributed by atoms with E-state index in [-0.39, 0.29) is 11.2 Å². The zero-order valence-electron chi connectivity index (χ0n) is 11.3. The maximum atomic E-state index is 11.6. The van der Waals surface area contributed by atoms with Gasteiger partial charge in [-0.25, -0.2) is 13.6 Å². The van der Waals surface area contributed by atoms with Crippen LogP contribution in [0.4, 0.5) is 0 Å². The van der Waals surface area contributed by atoms with Gasteiger partial charge >= 0.3 is 0 Å². The molecule has 0 unspecified atom stereocenters. The van der Waals surface area contributed by atoms with Gasteiger partial charge in [0.15, 0.2) is 5.82 Å². The minimum absolute atomic E-state index is 0.189. The van der Waals surface area contributed by atoms with E-state index in [1.54, 1.807) is 12.3 Å². The van der Waals surface area contributed by atoms with Crippen molar-refractivity contribution in [2.75, 3.05) is 7.11 Å². The van der Waals surface area contributed by atoms with E-state index in [0.29, 0.717) is 17.1 Å². The van der Waals surface area contributed by atoms with Crippen LogP contribution in [0.25, 0.3) is 11.4 Å². The first-order valence-corrected chi connectivity index (χ1v) is 7.37. The molecule has 0 spiro atoms. The number of pyridine rings is 1. The Bertz CT molecular complexity index is 723. The monoisotopic (exact) mass is 297 g/mol. The molecule has 0 saturated carbocycles. The van der Waals surface area contributed by atoms with Gasteiger partial charge in [-0.1, -0.05) is 0 Å². The van der Waals surface area contributed by atoms with Crippen LogP contribution in [0, 0.1) is 0 Å². The van der Waals surface area contributed by atoms with Gasteiger partial charge in [0.1, 0.15) is 5.75 Å². The zero-order valence-corrected chi connectivity index (χ0v) is 12.1. The molecule has 0 aliphatic heterocycles. The molecule has 0 radical (unpaired) electrons. The van der Waals surface area contributed by atoms with Gasteiger partial charge < -0.3 is 4.74 Å². The number of nitrogens with two attached hydrogens (primary N) is 1. The molecule has 2 rings (SSSR count). The second-order valence-corrected chi connectivity index (χ2v) is 5.85. The smallest absolute Gasteiger partial charge is 0.273 e. The van der Waals surface area contributed by atoms with E-state index in [4.69, 9.17) is 9.88 Å². The van der Waals surface area contributed by atoms with E-state index in [1.807, 2.05) is 13.8 Å². The van der Waals surface area contributed by atoms with Crippen LogP contribution in [0.5, 0.6) is 5.75 Å². The van der Waals surface area contributed by atoms with Crippen LogP contribution < -0.4 is 9.88 Å². The lowest BCUT2D eigenvalue weighted by molar-refractivity contribution is 0.413. The molecular formula is C11H15N5O3S. The largest absolute Gasteiger partial charge is 0.494 e. The van der Waals surface area contributed by atoms with Crippen LogP contribution in [0.2, 0.25) is 0 Å². The lowest BCUT2D eigenvalue weighted by atomic mass is 10.2. The molecule has 0 aliphatic rings. The average molecular weight is 297 g/mol. The second-order valence-electron chi connectivity index (χ2n) is 4.39. The van der Waals surface area contributed by atoms with Crippen LogP contribution in [0.3, 0.4) is 0 Å². The Morgan fingerprint density at radius 1 is 1.35 bits per heavy atom. The topological polar surface area (TPSA) is 113 Å². The molecule has 20 heavy (non-hydrogen) atoms. The summed E-state index contributed by atoms with van der Waals surface area (Å²) in [7, 11) is -2.46. The van der Waals surface area contributed by atoms with Crippen LogP contribution in [-0.2, 0) is 10.0 Å². The van der Waals surface area contributed by atoms with Crippen LogP contribution in [0.15, 0.2) is 23.6 Å². The number of aromatic nitrogens is 4. The third-order valence-corrected chi connectivity index (χ3v) is 3.47. The highest BCUT2D eigenvalue weighted by molar-refractivity contribution is 7.89. The molecule has 8 nitrogen and oxygen atoms in total. The minimum atomic E-state index is -3.95. The molecule has 0 fully saturated rings. The predicted molar refractivity (Wildman–Crippen MR) is 71.6 cm³/mol. The Balaban J connectivity index is 2.73.